The van der Waals surface area contributed by atoms with Gasteiger partial charge in [0.1, 0.15) is 11.6 Å². The number of halogens is 2. The summed E-state index contributed by atoms with van der Waals surface area (Å²) in [6.07, 6.45) is 6.15. The number of carbonyl (C=O) groups excluding carboxylic acids is 1. The number of aromatic nitrogens is 2. The third-order valence-corrected chi connectivity index (χ3v) is 2.37. The fourth-order valence-corrected chi connectivity index (χ4v) is 1.17. The van der Waals surface area contributed by atoms with Crippen molar-refractivity contribution in [3.05, 3.63) is 26.6 Å². The third kappa shape index (κ3) is 2.99. The van der Waals surface area contributed by atoms with E-state index < -0.39 is 11.5 Å². The molecule has 1 aromatic rings. The van der Waals surface area contributed by atoms with Crippen LogP contribution >= 0.6 is 23.2 Å². The Labute approximate surface area is 101 Å². The van der Waals surface area contributed by atoms with Gasteiger partial charge in [0.2, 0.25) is 5.91 Å². The van der Waals surface area contributed by atoms with E-state index in [4.69, 9.17) is 29.6 Å². The van der Waals surface area contributed by atoms with E-state index in [0.717, 1.165) is 4.68 Å². The van der Waals surface area contributed by atoms with Crippen molar-refractivity contribution in [3.63, 3.8) is 0 Å². The zero-order valence-electron chi connectivity index (χ0n) is 8.04. The van der Waals surface area contributed by atoms with Crippen molar-refractivity contribution in [2.24, 2.45) is 0 Å². The molecule has 1 amide bonds. The maximum absolute atomic E-state index is 11.5. The van der Waals surface area contributed by atoms with Gasteiger partial charge in [-0.2, -0.15) is 5.10 Å². The minimum atomic E-state index is -0.620. The van der Waals surface area contributed by atoms with Crippen molar-refractivity contribution >= 4 is 29.1 Å². The zero-order chi connectivity index (χ0) is 12.1. The number of nitrogens with zero attached hydrogens (tertiary/aromatic N) is 2. The molecule has 1 aromatic heterocycles. The molecule has 1 rings (SSSR count). The van der Waals surface area contributed by atoms with E-state index in [1.54, 1.807) is 0 Å². The number of hydrogen-bond acceptors (Lipinski definition) is 3. The minimum Gasteiger partial charge on any atom is -0.344 e. The standard InChI is InChI=1S/C9H7Cl2N3O2/c1-2-3-12-7(15)5-14-9(16)8(11)6(10)4-13-14/h1,4H,3,5H2,(H,12,15). The van der Waals surface area contributed by atoms with E-state index >= 15 is 0 Å². The minimum absolute atomic E-state index is 0.0481. The second-order valence-corrected chi connectivity index (χ2v) is 3.54. The SMILES string of the molecule is C#CCNC(=O)Cn1ncc(Cl)c(Cl)c1=O. The maximum atomic E-state index is 11.5. The van der Waals surface area contributed by atoms with Gasteiger partial charge in [-0.05, 0) is 0 Å². The summed E-state index contributed by atoms with van der Waals surface area (Å²) in [6, 6.07) is 0. The summed E-state index contributed by atoms with van der Waals surface area (Å²) in [6.45, 7) is -0.160. The number of amides is 1. The van der Waals surface area contributed by atoms with E-state index in [1.807, 2.05) is 0 Å². The van der Waals surface area contributed by atoms with Crippen molar-refractivity contribution in [1.82, 2.24) is 15.1 Å². The Morgan fingerprint density at radius 1 is 1.62 bits per heavy atom. The summed E-state index contributed by atoms with van der Waals surface area (Å²) in [7, 11) is 0. The molecule has 84 valence electrons. The molecule has 0 aliphatic rings. The largest absolute Gasteiger partial charge is 0.344 e. The molecule has 0 radical (unpaired) electrons. The van der Waals surface area contributed by atoms with Crippen LogP contribution in [0.3, 0.4) is 0 Å². The van der Waals surface area contributed by atoms with Crippen LogP contribution in [0.25, 0.3) is 0 Å². The van der Waals surface area contributed by atoms with Crippen LogP contribution in [0, 0.1) is 12.3 Å². The van der Waals surface area contributed by atoms with Crippen LogP contribution in [0.4, 0.5) is 0 Å². The van der Waals surface area contributed by atoms with Crippen molar-refractivity contribution in [1.29, 1.82) is 0 Å². The first-order valence-electron chi connectivity index (χ1n) is 4.17. The predicted molar refractivity (Wildman–Crippen MR) is 60.4 cm³/mol. The van der Waals surface area contributed by atoms with Gasteiger partial charge in [-0.1, -0.05) is 29.1 Å². The molecule has 0 aliphatic heterocycles. The van der Waals surface area contributed by atoms with Gasteiger partial charge in [0.05, 0.1) is 17.8 Å². The topological polar surface area (TPSA) is 64.0 Å². The van der Waals surface area contributed by atoms with Crippen LogP contribution in [0.1, 0.15) is 0 Å². The van der Waals surface area contributed by atoms with E-state index in [1.165, 1.54) is 6.20 Å². The normalized spacial score (nSPS) is 9.56. The van der Waals surface area contributed by atoms with Crippen LogP contribution in [0.5, 0.6) is 0 Å². The molecule has 1 heterocycles. The number of terminal acetylenes is 1. The summed E-state index contributed by atoms with van der Waals surface area (Å²) in [5.74, 6) is 1.81. The van der Waals surface area contributed by atoms with Gasteiger partial charge in [0.25, 0.3) is 5.56 Å². The monoisotopic (exact) mass is 259 g/mol. The summed E-state index contributed by atoms with van der Waals surface area (Å²) >= 11 is 11.2. The lowest BCUT2D eigenvalue weighted by Crippen LogP contribution is -2.33. The number of nitrogens with one attached hydrogen (secondary N) is 1. The Kier molecular flexibility index (Phi) is 4.35. The molecule has 0 saturated heterocycles. The van der Waals surface area contributed by atoms with Gasteiger partial charge in [0.15, 0.2) is 0 Å². The average Bonchev–Trinajstić information content (AvgIpc) is 2.27. The molecule has 0 saturated carbocycles. The first-order valence-corrected chi connectivity index (χ1v) is 4.93. The maximum Gasteiger partial charge on any atom is 0.287 e. The third-order valence-electron chi connectivity index (χ3n) is 1.62. The van der Waals surface area contributed by atoms with Crippen molar-refractivity contribution in [2.75, 3.05) is 6.54 Å². The Balaban J connectivity index is 2.84. The molecule has 0 fully saturated rings. The summed E-state index contributed by atoms with van der Waals surface area (Å²) in [5.41, 5.74) is -0.620. The fraction of sp³-hybridized carbons (Fsp3) is 0.222. The molecule has 0 atom stereocenters. The van der Waals surface area contributed by atoms with Gasteiger partial charge < -0.3 is 5.32 Å². The highest BCUT2D eigenvalue weighted by Gasteiger charge is 2.09. The fourth-order valence-electron chi connectivity index (χ4n) is 0.899. The molecule has 5 nitrogen and oxygen atoms in total. The van der Waals surface area contributed by atoms with Crippen LogP contribution in [0.2, 0.25) is 10.0 Å². The molecule has 0 aliphatic carbocycles. The highest BCUT2D eigenvalue weighted by molar-refractivity contribution is 6.41. The summed E-state index contributed by atoms with van der Waals surface area (Å²) < 4.78 is 0.903. The molecule has 16 heavy (non-hydrogen) atoms. The second kappa shape index (κ2) is 5.54. The predicted octanol–water partition coefficient (Wildman–Crippen LogP) is 0.299. The van der Waals surface area contributed by atoms with E-state index in [2.05, 4.69) is 16.3 Å². The Morgan fingerprint density at radius 3 is 2.94 bits per heavy atom. The number of carbonyl (C=O) groups is 1. The molecule has 7 heteroatoms. The highest BCUT2D eigenvalue weighted by Crippen LogP contribution is 2.14. The second-order valence-electron chi connectivity index (χ2n) is 2.75. The lowest BCUT2D eigenvalue weighted by molar-refractivity contribution is -0.121. The molecule has 0 aromatic carbocycles. The van der Waals surface area contributed by atoms with Crippen molar-refractivity contribution < 1.29 is 4.79 Å². The summed E-state index contributed by atoms with van der Waals surface area (Å²) in [5, 5.41) is 5.94. The first kappa shape index (κ1) is 12.6. The average molecular weight is 260 g/mol. The number of hydrogen-bond donors (Lipinski definition) is 1. The lowest BCUT2D eigenvalue weighted by atomic mass is 10.5. The Hall–Kier alpha value is -1.51. The lowest BCUT2D eigenvalue weighted by Gasteiger charge is -2.04. The number of rotatable bonds is 3. The van der Waals surface area contributed by atoms with Gasteiger partial charge in [-0.15, -0.1) is 6.42 Å². The van der Waals surface area contributed by atoms with Gasteiger partial charge in [-0.25, -0.2) is 4.68 Å². The van der Waals surface area contributed by atoms with Crippen LogP contribution in [-0.2, 0) is 11.3 Å². The van der Waals surface area contributed by atoms with Gasteiger partial charge >= 0.3 is 0 Å². The van der Waals surface area contributed by atoms with Crippen LogP contribution in [0.15, 0.2) is 11.0 Å². The first-order chi connectivity index (χ1) is 7.56. The van der Waals surface area contributed by atoms with Crippen molar-refractivity contribution in [2.45, 2.75) is 6.54 Å². The molecule has 0 bridgehead atoms. The highest BCUT2D eigenvalue weighted by atomic mass is 35.5. The van der Waals surface area contributed by atoms with Crippen molar-refractivity contribution in [3.8, 4) is 12.3 Å². The summed E-state index contributed by atoms with van der Waals surface area (Å²) in [4.78, 5) is 22.7. The van der Waals surface area contributed by atoms with Crippen LogP contribution in [-0.4, -0.2) is 22.2 Å². The van der Waals surface area contributed by atoms with E-state index in [9.17, 15) is 9.59 Å². The molecule has 0 unspecified atom stereocenters. The van der Waals surface area contributed by atoms with Crippen LogP contribution < -0.4 is 10.9 Å². The van der Waals surface area contributed by atoms with E-state index in [0.29, 0.717) is 0 Å². The molecule has 1 N–H and O–H groups in total. The van der Waals surface area contributed by atoms with Gasteiger partial charge in [0, 0.05) is 0 Å². The molecule has 0 spiro atoms. The Morgan fingerprint density at radius 2 is 2.31 bits per heavy atom. The quantitative estimate of drug-likeness (QED) is 0.795. The Bertz CT molecular complexity index is 504. The smallest absolute Gasteiger partial charge is 0.287 e. The van der Waals surface area contributed by atoms with E-state index in [-0.39, 0.29) is 23.1 Å². The molecular formula is C9H7Cl2N3O2. The molecular weight excluding hydrogens is 253 g/mol. The van der Waals surface area contributed by atoms with Gasteiger partial charge in [-0.3, -0.25) is 9.59 Å². The zero-order valence-corrected chi connectivity index (χ0v) is 9.55.